The fourth-order valence-corrected chi connectivity index (χ4v) is 5.47. The van der Waals surface area contributed by atoms with Crippen LogP contribution in [-0.4, -0.2) is 75.4 Å². The molecule has 1 N–H and O–H groups in total. The van der Waals surface area contributed by atoms with E-state index in [4.69, 9.17) is 41.8 Å². The van der Waals surface area contributed by atoms with Gasteiger partial charge >= 0.3 is 0 Å². The predicted octanol–water partition coefficient (Wildman–Crippen LogP) is 6.20. The molecule has 0 spiro atoms. The van der Waals surface area contributed by atoms with E-state index in [1.54, 1.807) is 32.6 Å². The zero-order valence-corrected chi connectivity index (χ0v) is 24.7. The van der Waals surface area contributed by atoms with Gasteiger partial charge in [0, 0.05) is 68.6 Å². The van der Waals surface area contributed by atoms with Gasteiger partial charge in [-0.05, 0) is 24.3 Å². The van der Waals surface area contributed by atoms with Gasteiger partial charge in [0.1, 0.15) is 23.3 Å². The van der Waals surface area contributed by atoms with E-state index in [0.29, 0.717) is 49.4 Å². The summed E-state index contributed by atoms with van der Waals surface area (Å²) in [4.78, 5) is 9.37. The minimum atomic E-state index is 0.352. The van der Waals surface area contributed by atoms with Gasteiger partial charge in [0.15, 0.2) is 0 Å². The molecule has 0 radical (unpaired) electrons. The van der Waals surface area contributed by atoms with Crippen molar-refractivity contribution in [2.75, 3.05) is 66.0 Å². The third-order valence-electron chi connectivity index (χ3n) is 7.23. The van der Waals surface area contributed by atoms with E-state index in [0.717, 1.165) is 62.8 Å². The van der Waals surface area contributed by atoms with Gasteiger partial charge in [-0.15, -0.1) is 0 Å². The molecular weight excluding hydrogens is 565 g/mol. The number of benzene rings is 2. The van der Waals surface area contributed by atoms with E-state index >= 15 is 0 Å². The number of rotatable bonds is 10. The average Bonchev–Trinajstić information content (AvgIpc) is 3.45. The van der Waals surface area contributed by atoms with Crippen LogP contribution in [-0.2, 0) is 11.3 Å². The molecular formula is C30H31Cl2N5O4. The van der Waals surface area contributed by atoms with Crippen molar-refractivity contribution in [3.05, 3.63) is 64.2 Å². The Hall–Kier alpha value is -3.52. The molecule has 5 rings (SSSR count). The van der Waals surface area contributed by atoms with Gasteiger partial charge in [-0.1, -0.05) is 23.2 Å². The third-order valence-corrected chi connectivity index (χ3v) is 7.84. The number of hydrogen-bond donors (Lipinski definition) is 1. The molecule has 2 aromatic carbocycles. The quantitative estimate of drug-likeness (QED) is 0.230. The number of hydrogen-bond acceptors (Lipinski definition) is 9. The molecule has 4 aromatic rings. The Morgan fingerprint density at radius 2 is 1.73 bits per heavy atom. The summed E-state index contributed by atoms with van der Waals surface area (Å²) in [6.45, 7) is 6.42. The van der Waals surface area contributed by atoms with Gasteiger partial charge in [0.05, 0.1) is 66.1 Å². The molecule has 1 aliphatic heterocycles. The molecule has 9 nitrogen and oxygen atoms in total. The van der Waals surface area contributed by atoms with Gasteiger partial charge in [-0.2, -0.15) is 5.26 Å². The summed E-state index contributed by atoms with van der Waals surface area (Å²) in [7, 11) is 4.88. The largest absolute Gasteiger partial charge is 0.496 e. The molecule has 0 atom stereocenters. The SMILES string of the molecule is COCCN1CCN(Cc2cc(-c3cc4ncc(C#N)c(Nc5cc(OC)c(Cl)cc5Cl)c4cc3OC)co2)CC1. The minimum absolute atomic E-state index is 0.352. The van der Waals surface area contributed by atoms with Crippen molar-refractivity contribution in [1.82, 2.24) is 14.8 Å². The van der Waals surface area contributed by atoms with Crippen molar-refractivity contribution in [1.29, 1.82) is 5.26 Å². The Morgan fingerprint density at radius 1 is 0.976 bits per heavy atom. The molecule has 41 heavy (non-hydrogen) atoms. The van der Waals surface area contributed by atoms with Crippen LogP contribution in [0.2, 0.25) is 10.0 Å². The Morgan fingerprint density at radius 3 is 2.44 bits per heavy atom. The number of fused-ring (bicyclic) bond motifs is 1. The summed E-state index contributed by atoms with van der Waals surface area (Å²) in [6, 6.07) is 11.3. The van der Waals surface area contributed by atoms with Crippen molar-refractivity contribution in [2.45, 2.75) is 6.54 Å². The summed E-state index contributed by atoms with van der Waals surface area (Å²) in [5, 5.41) is 14.6. The lowest BCUT2D eigenvalue weighted by Crippen LogP contribution is -2.46. The molecule has 1 saturated heterocycles. The molecule has 1 fully saturated rings. The third kappa shape index (κ3) is 6.38. The molecule has 11 heteroatoms. The van der Waals surface area contributed by atoms with E-state index in [1.165, 1.54) is 13.3 Å². The minimum Gasteiger partial charge on any atom is -0.496 e. The van der Waals surface area contributed by atoms with Crippen LogP contribution in [0.25, 0.3) is 22.0 Å². The first-order valence-electron chi connectivity index (χ1n) is 13.2. The number of aromatic nitrogens is 1. The van der Waals surface area contributed by atoms with Gasteiger partial charge in [-0.3, -0.25) is 14.8 Å². The van der Waals surface area contributed by atoms with Gasteiger partial charge < -0.3 is 23.9 Å². The van der Waals surface area contributed by atoms with Gasteiger partial charge in [0.2, 0.25) is 0 Å². The first-order chi connectivity index (χ1) is 19.9. The first kappa shape index (κ1) is 29.0. The van der Waals surface area contributed by atoms with Crippen LogP contribution in [0, 0.1) is 11.3 Å². The highest BCUT2D eigenvalue weighted by Gasteiger charge is 2.20. The average molecular weight is 597 g/mol. The maximum absolute atomic E-state index is 9.85. The van der Waals surface area contributed by atoms with Crippen LogP contribution in [0.4, 0.5) is 11.4 Å². The highest BCUT2D eigenvalue weighted by molar-refractivity contribution is 6.37. The Bertz CT molecular complexity index is 1580. The van der Waals surface area contributed by atoms with Crippen LogP contribution in [0.15, 0.2) is 47.2 Å². The smallest absolute Gasteiger partial charge is 0.139 e. The van der Waals surface area contributed by atoms with Crippen LogP contribution < -0.4 is 14.8 Å². The zero-order chi connectivity index (χ0) is 28.9. The number of furan rings is 1. The lowest BCUT2D eigenvalue weighted by Gasteiger charge is -2.33. The number of methoxy groups -OCH3 is 3. The molecule has 0 aliphatic carbocycles. The fourth-order valence-electron chi connectivity index (χ4n) is 4.97. The number of nitrogens with zero attached hydrogens (tertiary/aromatic N) is 4. The van der Waals surface area contributed by atoms with Crippen LogP contribution in [0.3, 0.4) is 0 Å². The number of nitriles is 1. The maximum Gasteiger partial charge on any atom is 0.139 e. The molecule has 0 unspecified atom stereocenters. The lowest BCUT2D eigenvalue weighted by atomic mass is 10.0. The predicted molar refractivity (Wildman–Crippen MR) is 161 cm³/mol. The van der Waals surface area contributed by atoms with Crippen molar-refractivity contribution < 1.29 is 18.6 Å². The van der Waals surface area contributed by atoms with Crippen LogP contribution >= 0.6 is 23.2 Å². The summed E-state index contributed by atoms with van der Waals surface area (Å²) in [6.07, 6.45) is 3.28. The van der Waals surface area contributed by atoms with E-state index in [2.05, 4.69) is 26.2 Å². The van der Waals surface area contributed by atoms with Crippen LogP contribution in [0.5, 0.6) is 11.5 Å². The Balaban J connectivity index is 1.43. The van der Waals surface area contributed by atoms with E-state index < -0.39 is 0 Å². The molecule has 0 bridgehead atoms. The van der Waals surface area contributed by atoms with Gasteiger partial charge in [0.25, 0.3) is 0 Å². The second kappa shape index (κ2) is 13.0. The summed E-state index contributed by atoms with van der Waals surface area (Å²) in [5.41, 5.74) is 3.85. The zero-order valence-electron chi connectivity index (χ0n) is 23.2. The summed E-state index contributed by atoms with van der Waals surface area (Å²) >= 11 is 12.7. The molecule has 0 saturated carbocycles. The van der Waals surface area contributed by atoms with Crippen molar-refractivity contribution in [3.63, 3.8) is 0 Å². The number of ether oxygens (including phenoxy) is 3. The van der Waals surface area contributed by atoms with Crippen molar-refractivity contribution in [2.24, 2.45) is 0 Å². The normalized spacial score (nSPS) is 14.2. The van der Waals surface area contributed by atoms with E-state index in [9.17, 15) is 5.26 Å². The molecule has 3 heterocycles. The van der Waals surface area contributed by atoms with E-state index in [-0.39, 0.29) is 0 Å². The monoisotopic (exact) mass is 595 g/mol. The highest BCUT2D eigenvalue weighted by Crippen LogP contribution is 2.41. The molecule has 2 aromatic heterocycles. The number of piperazine rings is 1. The summed E-state index contributed by atoms with van der Waals surface area (Å²) < 4.78 is 22.3. The van der Waals surface area contributed by atoms with Crippen LogP contribution in [0.1, 0.15) is 11.3 Å². The topological polar surface area (TPSA) is 96.0 Å². The van der Waals surface area contributed by atoms with Gasteiger partial charge in [-0.25, -0.2) is 0 Å². The number of halogens is 2. The highest BCUT2D eigenvalue weighted by atomic mass is 35.5. The van der Waals surface area contributed by atoms with E-state index in [1.807, 2.05) is 18.2 Å². The summed E-state index contributed by atoms with van der Waals surface area (Å²) in [5.74, 6) is 1.96. The molecule has 1 aliphatic rings. The molecule has 214 valence electrons. The van der Waals surface area contributed by atoms with Crippen molar-refractivity contribution >= 4 is 45.5 Å². The Kier molecular flexibility index (Phi) is 9.18. The first-order valence-corrected chi connectivity index (χ1v) is 13.9. The number of nitrogens with one attached hydrogen (secondary N) is 1. The second-order valence-corrected chi connectivity index (χ2v) is 10.5. The number of pyridine rings is 1. The maximum atomic E-state index is 9.85. The molecule has 0 amide bonds. The second-order valence-electron chi connectivity index (χ2n) is 9.73. The number of anilines is 2. The van der Waals surface area contributed by atoms with Crippen molar-refractivity contribution in [3.8, 4) is 28.7 Å². The fraction of sp³-hybridized carbons (Fsp3) is 0.333. The Labute approximate surface area is 249 Å². The lowest BCUT2D eigenvalue weighted by molar-refractivity contribution is 0.0905. The standard InChI is InChI=1S/C30H31Cl2N5O4/c1-38-9-8-36-4-6-37(7-5-36)17-21-10-19(18-41-21)22-11-26-23(12-28(22)39-2)30(20(15-33)16-34-26)35-27-14-29(40-3)25(32)13-24(27)31/h10-14,16,18H,4-9,17H2,1-3H3,(H,34,35).